The zero-order valence-electron chi connectivity index (χ0n) is 10.7. The third-order valence-electron chi connectivity index (χ3n) is 2.67. The Balaban J connectivity index is 2.82. The average molecular weight is 288 g/mol. The Morgan fingerprint density at radius 2 is 2.00 bits per heavy atom. The van der Waals surface area contributed by atoms with E-state index in [9.17, 15) is 9.59 Å². The van der Waals surface area contributed by atoms with Crippen molar-refractivity contribution in [2.45, 2.75) is 13.8 Å². The van der Waals surface area contributed by atoms with Crippen LogP contribution in [0.3, 0.4) is 0 Å². The topological polar surface area (TPSA) is 101 Å². The van der Waals surface area contributed by atoms with Gasteiger partial charge in [0.1, 0.15) is 5.15 Å². The number of hydrogen-bond donors (Lipinski definition) is 2. The molecule has 8 heteroatoms. The molecule has 1 rings (SSSR count). The molecule has 0 aromatic carbocycles. The number of aliphatic carboxylic acids is 1. The monoisotopic (exact) mass is 287 g/mol. The highest BCUT2D eigenvalue weighted by atomic mass is 35.5. The average Bonchev–Trinajstić information content (AvgIpc) is 2.35. The summed E-state index contributed by atoms with van der Waals surface area (Å²) in [4.78, 5) is 30.3. The highest BCUT2D eigenvalue weighted by molar-refractivity contribution is 6.29. The van der Waals surface area contributed by atoms with Gasteiger partial charge in [0.15, 0.2) is 0 Å². The SMILES string of the molecule is COc1cc(Cl)nc(NC(=O)C(C)C(C)C(=O)O)n1. The molecule has 2 unspecified atom stereocenters. The number of aromatic nitrogens is 2. The van der Waals surface area contributed by atoms with Gasteiger partial charge in [0, 0.05) is 12.0 Å². The van der Waals surface area contributed by atoms with Crippen LogP contribution < -0.4 is 10.1 Å². The number of ether oxygens (including phenoxy) is 1. The van der Waals surface area contributed by atoms with Crippen LogP contribution in [0.25, 0.3) is 0 Å². The Morgan fingerprint density at radius 3 is 2.53 bits per heavy atom. The molecular weight excluding hydrogens is 274 g/mol. The number of nitrogens with zero attached hydrogens (tertiary/aromatic N) is 2. The highest BCUT2D eigenvalue weighted by Gasteiger charge is 2.26. The molecule has 0 saturated heterocycles. The van der Waals surface area contributed by atoms with Crippen molar-refractivity contribution in [1.82, 2.24) is 9.97 Å². The van der Waals surface area contributed by atoms with E-state index in [1.807, 2.05) is 0 Å². The van der Waals surface area contributed by atoms with E-state index in [1.165, 1.54) is 27.0 Å². The molecule has 0 aliphatic rings. The Bertz CT molecular complexity index is 495. The Morgan fingerprint density at radius 1 is 1.37 bits per heavy atom. The van der Waals surface area contributed by atoms with Crippen molar-refractivity contribution in [2.24, 2.45) is 11.8 Å². The van der Waals surface area contributed by atoms with Crippen LogP contribution >= 0.6 is 11.6 Å². The maximum Gasteiger partial charge on any atom is 0.307 e. The Hall–Kier alpha value is -1.89. The first-order chi connectivity index (χ1) is 8.85. The van der Waals surface area contributed by atoms with E-state index in [-0.39, 0.29) is 17.0 Å². The molecule has 1 aromatic rings. The fraction of sp³-hybridized carbons (Fsp3) is 0.455. The first kappa shape index (κ1) is 15.2. The largest absolute Gasteiger partial charge is 0.481 e. The van der Waals surface area contributed by atoms with Gasteiger partial charge in [-0.05, 0) is 0 Å². The van der Waals surface area contributed by atoms with E-state index < -0.39 is 23.7 Å². The quantitative estimate of drug-likeness (QED) is 0.795. The number of carbonyl (C=O) groups excluding carboxylic acids is 1. The molecule has 104 valence electrons. The third-order valence-corrected chi connectivity index (χ3v) is 2.86. The highest BCUT2D eigenvalue weighted by Crippen LogP contribution is 2.18. The van der Waals surface area contributed by atoms with Crippen molar-refractivity contribution < 1.29 is 19.4 Å². The summed E-state index contributed by atoms with van der Waals surface area (Å²) in [5.41, 5.74) is 0. The molecule has 0 bridgehead atoms. The van der Waals surface area contributed by atoms with Gasteiger partial charge >= 0.3 is 5.97 Å². The summed E-state index contributed by atoms with van der Waals surface area (Å²) in [6.07, 6.45) is 0. The predicted octanol–water partition coefficient (Wildman–Crippen LogP) is 1.43. The number of anilines is 1. The second kappa shape index (κ2) is 6.33. The first-order valence-electron chi connectivity index (χ1n) is 5.47. The lowest BCUT2D eigenvalue weighted by atomic mass is 9.95. The molecule has 0 spiro atoms. The summed E-state index contributed by atoms with van der Waals surface area (Å²) in [6.45, 7) is 2.96. The lowest BCUT2D eigenvalue weighted by Crippen LogP contribution is -2.30. The van der Waals surface area contributed by atoms with Crippen molar-refractivity contribution in [3.63, 3.8) is 0 Å². The van der Waals surface area contributed by atoms with Gasteiger partial charge in [0.25, 0.3) is 0 Å². The molecule has 0 aliphatic heterocycles. The number of carboxylic acids is 1. The van der Waals surface area contributed by atoms with E-state index in [2.05, 4.69) is 15.3 Å². The van der Waals surface area contributed by atoms with Crippen LogP contribution in [0.1, 0.15) is 13.8 Å². The molecule has 7 nitrogen and oxygen atoms in total. The van der Waals surface area contributed by atoms with Crippen LogP contribution in [0.2, 0.25) is 5.15 Å². The van der Waals surface area contributed by atoms with E-state index >= 15 is 0 Å². The molecule has 1 amide bonds. The maximum atomic E-state index is 11.8. The third kappa shape index (κ3) is 4.06. The number of amides is 1. The maximum absolute atomic E-state index is 11.8. The molecule has 2 atom stereocenters. The van der Waals surface area contributed by atoms with Gasteiger partial charge in [0.2, 0.25) is 17.7 Å². The molecule has 1 aromatic heterocycles. The van der Waals surface area contributed by atoms with Crippen molar-refractivity contribution in [3.05, 3.63) is 11.2 Å². The Kier molecular flexibility index (Phi) is 5.05. The van der Waals surface area contributed by atoms with Crippen molar-refractivity contribution in [2.75, 3.05) is 12.4 Å². The van der Waals surface area contributed by atoms with Crippen LogP contribution in [-0.4, -0.2) is 34.1 Å². The minimum Gasteiger partial charge on any atom is -0.481 e. The molecule has 2 N–H and O–H groups in total. The van der Waals surface area contributed by atoms with Crippen molar-refractivity contribution in [1.29, 1.82) is 0 Å². The number of methoxy groups -OCH3 is 1. The summed E-state index contributed by atoms with van der Waals surface area (Å²) in [6, 6.07) is 1.39. The van der Waals surface area contributed by atoms with Gasteiger partial charge in [-0.2, -0.15) is 4.98 Å². The minimum atomic E-state index is -1.05. The first-order valence-corrected chi connectivity index (χ1v) is 5.85. The second-order valence-corrected chi connectivity index (χ2v) is 4.35. The van der Waals surface area contributed by atoms with Gasteiger partial charge in [-0.3, -0.25) is 14.9 Å². The number of nitrogens with one attached hydrogen (secondary N) is 1. The molecule has 0 radical (unpaired) electrons. The number of carbonyl (C=O) groups is 2. The molecule has 0 saturated carbocycles. The fourth-order valence-corrected chi connectivity index (χ4v) is 1.40. The normalized spacial score (nSPS) is 13.5. The summed E-state index contributed by atoms with van der Waals surface area (Å²) in [5, 5.41) is 11.4. The number of halogens is 1. The lowest BCUT2D eigenvalue weighted by molar-refractivity contribution is -0.145. The number of hydrogen-bond acceptors (Lipinski definition) is 5. The number of rotatable bonds is 5. The minimum absolute atomic E-state index is 0.0289. The van der Waals surface area contributed by atoms with E-state index in [4.69, 9.17) is 21.4 Å². The molecule has 19 heavy (non-hydrogen) atoms. The zero-order chi connectivity index (χ0) is 14.6. The zero-order valence-corrected chi connectivity index (χ0v) is 11.4. The predicted molar refractivity (Wildman–Crippen MR) is 68.2 cm³/mol. The summed E-state index contributed by atoms with van der Waals surface area (Å²) in [7, 11) is 1.40. The number of carboxylic acid groups (broad SMARTS) is 1. The Labute approximate surface area is 115 Å². The van der Waals surface area contributed by atoms with Crippen LogP contribution in [-0.2, 0) is 9.59 Å². The second-order valence-electron chi connectivity index (χ2n) is 3.96. The van der Waals surface area contributed by atoms with Crippen molar-refractivity contribution >= 4 is 29.4 Å². The van der Waals surface area contributed by atoms with Crippen LogP contribution in [0.4, 0.5) is 5.95 Å². The lowest BCUT2D eigenvalue weighted by Gasteiger charge is -2.15. The molecule has 1 heterocycles. The van der Waals surface area contributed by atoms with Gasteiger partial charge in [-0.1, -0.05) is 25.4 Å². The van der Waals surface area contributed by atoms with E-state index in [1.54, 1.807) is 0 Å². The van der Waals surface area contributed by atoms with Gasteiger partial charge in [0.05, 0.1) is 13.0 Å². The van der Waals surface area contributed by atoms with Gasteiger partial charge in [-0.15, -0.1) is 0 Å². The van der Waals surface area contributed by atoms with Gasteiger partial charge < -0.3 is 9.84 Å². The van der Waals surface area contributed by atoms with E-state index in [0.29, 0.717) is 0 Å². The van der Waals surface area contributed by atoms with E-state index in [0.717, 1.165) is 0 Å². The summed E-state index contributed by atoms with van der Waals surface area (Å²) < 4.78 is 4.88. The smallest absolute Gasteiger partial charge is 0.307 e. The van der Waals surface area contributed by atoms with Crippen LogP contribution in [0, 0.1) is 11.8 Å². The van der Waals surface area contributed by atoms with Gasteiger partial charge in [-0.25, -0.2) is 4.98 Å². The van der Waals surface area contributed by atoms with Crippen LogP contribution in [0.5, 0.6) is 5.88 Å². The van der Waals surface area contributed by atoms with Crippen LogP contribution in [0.15, 0.2) is 6.07 Å². The summed E-state index contributed by atoms with van der Waals surface area (Å²) in [5.74, 6) is -2.92. The standard InChI is InChI=1S/C11H14ClN3O4/c1-5(6(2)10(17)18)9(16)15-11-13-7(12)4-8(14-11)19-3/h4-6H,1-3H3,(H,17,18)(H,13,14,15,16). The summed E-state index contributed by atoms with van der Waals surface area (Å²) >= 11 is 5.73. The molecule has 0 aliphatic carbocycles. The molecular formula is C11H14ClN3O4. The molecule has 0 fully saturated rings. The van der Waals surface area contributed by atoms with Crippen molar-refractivity contribution in [3.8, 4) is 5.88 Å². The fourth-order valence-electron chi connectivity index (χ4n) is 1.22.